The molecule has 0 heterocycles. The summed E-state index contributed by atoms with van der Waals surface area (Å²) in [5.41, 5.74) is 6.22. The van der Waals surface area contributed by atoms with Crippen LogP contribution in [0, 0.1) is 5.82 Å². The van der Waals surface area contributed by atoms with E-state index in [9.17, 15) is 4.39 Å². The van der Waals surface area contributed by atoms with Crippen molar-refractivity contribution in [1.29, 1.82) is 0 Å². The van der Waals surface area contributed by atoms with Gasteiger partial charge in [-0.05, 0) is 19.8 Å². The predicted octanol–water partition coefficient (Wildman–Crippen LogP) is 1.99. The molecule has 1 aromatic rings. The normalized spacial score (nSPS) is 12.2. The number of benzene rings is 1. The lowest BCUT2D eigenvalue weighted by atomic mass is 10.1. The molecule has 4 N–H and O–H groups in total. The molecule has 0 aromatic heterocycles. The van der Waals surface area contributed by atoms with Crippen LogP contribution in [0.5, 0.6) is 5.75 Å². The van der Waals surface area contributed by atoms with Gasteiger partial charge in [-0.3, -0.25) is 0 Å². The second-order valence-corrected chi connectivity index (χ2v) is 3.99. The fourth-order valence-corrected chi connectivity index (χ4v) is 1.59. The first-order valence-corrected chi connectivity index (χ1v) is 5.59. The maximum absolute atomic E-state index is 13.6. The molecule has 0 bridgehead atoms. The van der Waals surface area contributed by atoms with Crippen LogP contribution in [0.1, 0.15) is 19.8 Å². The number of ether oxygens (including phenoxy) is 1. The number of nitrogens with one attached hydrogen (secondary N) is 1. The SMILES string of the molecule is COc1cc(NC(C)CCCO)c(F)cc1N. The fourth-order valence-electron chi connectivity index (χ4n) is 1.59. The molecule has 0 saturated carbocycles. The maximum Gasteiger partial charge on any atom is 0.148 e. The topological polar surface area (TPSA) is 67.5 Å². The molecule has 96 valence electrons. The number of rotatable bonds is 6. The van der Waals surface area contributed by atoms with Gasteiger partial charge in [0.1, 0.15) is 11.6 Å². The lowest BCUT2D eigenvalue weighted by Gasteiger charge is -2.16. The lowest BCUT2D eigenvalue weighted by Crippen LogP contribution is -2.16. The number of hydrogen-bond donors (Lipinski definition) is 3. The zero-order valence-corrected chi connectivity index (χ0v) is 10.2. The van der Waals surface area contributed by atoms with Gasteiger partial charge in [0, 0.05) is 24.8 Å². The standard InChI is InChI=1S/C12H19FN2O2/c1-8(4-3-5-16)15-11-7-12(17-2)10(14)6-9(11)13/h6-8,15-16H,3-5,14H2,1-2H3. The van der Waals surface area contributed by atoms with Gasteiger partial charge in [0.05, 0.1) is 18.5 Å². The van der Waals surface area contributed by atoms with Crippen LogP contribution >= 0.6 is 0 Å². The number of aliphatic hydroxyl groups is 1. The summed E-state index contributed by atoms with van der Waals surface area (Å²) in [5, 5.41) is 11.7. The van der Waals surface area contributed by atoms with E-state index < -0.39 is 5.82 Å². The van der Waals surface area contributed by atoms with Gasteiger partial charge in [-0.2, -0.15) is 0 Å². The van der Waals surface area contributed by atoms with Gasteiger partial charge in [0.15, 0.2) is 0 Å². The molecule has 0 aliphatic heterocycles. The second-order valence-electron chi connectivity index (χ2n) is 3.99. The van der Waals surface area contributed by atoms with Gasteiger partial charge in [0.2, 0.25) is 0 Å². The highest BCUT2D eigenvalue weighted by Crippen LogP contribution is 2.28. The molecule has 1 atom stereocenters. The predicted molar refractivity (Wildman–Crippen MR) is 66.8 cm³/mol. The lowest BCUT2D eigenvalue weighted by molar-refractivity contribution is 0.282. The number of nitrogen functional groups attached to an aromatic ring is 1. The fraction of sp³-hybridized carbons (Fsp3) is 0.500. The minimum Gasteiger partial charge on any atom is -0.495 e. The number of anilines is 2. The molecule has 0 spiro atoms. The van der Waals surface area contributed by atoms with Crippen molar-refractivity contribution in [2.24, 2.45) is 0 Å². The van der Waals surface area contributed by atoms with Crippen LogP contribution in [0.3, 0.4) is 0 Å². The summed E-state index contributed by atoms with van der Waals surface area (Å²) in [5.74, 6) is 0.0439. The second kappa shape index (κ2) is 6.30. The van der Waals surface area contributed by atoms with E-state index in [0.717, 1.165) is 6.42 Å². The Morgan fingerprint density at radius 1 is 1.53 bits per heavy atom. The van der Waals surface area contributed by atoms with Crippen molar-refractivity contribution in [3.8, 4) is 5.75 Å². The molecule has 0 aliphatic carbocycles. The molecule has 0 saturated heterocycles. The molecule has 1 rings (SSSR count). The zero-order valence-electron chi connectivity index (χ0n) is 10.2. The van der Waals surface area contributed by atoms with Crippen LogP contribution in [0.4, 0.5) is 15.8 Å². The average Bonchev–Trinajstić information content (AvgIpc) is 2.30. The molecular weight excluding hydrogens is 223 g/mol. The highest BCUT2D eigenvalue weighted by molar-refractivity contribution is 5.62. The van der Waals surface area contributed by atoms with Gasteiger partial charge in [-0.1, -0.05) is 0 Å². The van der Waals surface area contributed by atoms with E-state index in [1.165, 1.54) is 13.2 Å². The zero-order chi connectivity index (χ0) is 12.8. The Morgan fingerprint density at radius 3 is 2.82 bits per heavy atom. The van der Waals surface area contributed by atoms with Crippen molar-refractivity contribution in [2.75, 3.05) is 24.8 Å². The van der Waals surface area contributed by atoms with Crippen LogP contribution < -0.4 is 15.8 Å². The van der Waals surface area contributed by atoms with Crippen molar-refractivity contribution < 1.29 is 14.2 Å². The Bertz CT molecular complexity index is 372. The number of aliphatic hydroxyl groups excluding tert-OH is 1. The van der Waals surface area contributed by atoms with Gasteiger partial charge >= 0.3 is 0 Å². The molecule has 0 amide bonds. The Morgan fingerprint density at radius 2 is 2.24 bits per heavy atom. The number of methoxy groups -OCH3 is 1. The maximum atomic E-state index is 13.6. The number of halogens is 1. The number of hydrogen-bond acceptors (Lipinski definition) is 4. The highest BCUT2D eigenvalue weighted by Gasteiger charge is 2.10. The first-order chi connectivity index (χ1) is 8.08. The van der Waals surface area contributed by atoms with Gasteiger partial charge in [-0.15, -0.1) is 0 Å². The smallest absolute Gasteiger partial charge is 0.148 e. The van der Waals surface area contributed by atoms with Gasteiger partial charge < -0.3 is 20.9 Å². The third-order valence-electron chi connectivity index (χ3n) is 2.52. The Hall–Kier alpha value is -1.49. The van der Waals surface area contributed by atoms with Crippen molar-refractivity contribution in [1.82, 2.24) is 0 Å². The van der Waals surface area contributed by atoms with E-state index in [2.05, 4.69) is 5.32 Å². The molecule has 0 fully saturated rings. The largest absolute Gasteiger partial charge is 0.495 e. The van der Waals surface area contributed by atoms with Crippen LogP contribution in [0.25, 0.3) is 0 Å². The van der Waals surface area contributed by atoms with E-state index in [4.69, 9.17) is 15.6 Å². The van der Waals surface area contributed by atoms with E-state index in [-0.39, 0.29) is 18.3 Å². The number of nitrogens with two attached hydrogens (primary N) is 1. The molecule has 0 aliphatic rings. The molecular formula is C12H19FN2O2. The summed E-state index contributed by atoms with van der Waals surface area (Å²) in [7, 11) is 1.49. The van der Waals surface area contributed by atoms with E-state index in [0.29, 0.717) is 17.9 Å². The summed E-state index contributed by atoms with van der Waals surface area (Å²) in [6, 6.07) is 2.85. The van der Waals surface area contributed by atoms with Crippen molar-refractivity contribution >= 4 is 11.4 Å². The first kappa shape index (κ1) is 13.6. The molecule has 0 radical (unpaired) electrons. The van der Waals surface area contributed by atoms with Crippen LogP contribution in [0.2, 0.25) is 0 Å². The summed E-state index contributed by atoms with van der Waals surface area (Å²) < 4.78 is 18.6. The summed E-state index contributed by atoms with van der Waals surface area (Å²) in [4.78, 5) is 0. The molecule has 1 aromatic carbocycles. The molecule has 1 unspecified atom stereocenters. The Labute approximate surface area is 101 Å². The van der Waals surface area contributed by atoms with Crippen LogP contribution in [-0.2, 0) is 0 Å². The Kier molecular flexibility index (Phi) is 5.03. The van der Waals surface area contributed by atoms with Gasteiger partial charge in [0.25, 0.3) is 0 Å². The third-order valence-corrected chi connectivity index (χ3v) is 2.52. The summed E-state index contributed by atoms with van der Waals surface area (Å²) in [6.07, 6.45) is 1.45. The van der Waals surface area contributed by atoms with Gasteiger partial charge in [-0.25, -0.2) is 4.39 Å². The first-order valence-electron chi connectivity index (χ1n) is 5.59. The summed E-state index contributed by atoms with van der Waals surface area (Å²) >= 11 is 0. The Balaban J connectivity index is 2.76. The van der Waals surface area contributed by atoms with Crippen molar-refractivity contribution in [3.63, 3.8) is 0 Å². The minimum absolute atomic E-state index is 0.0741. The van der Waals surface area contributed by atoms with Crippen molar-refractivity contribution in [2.45, 2.75) is 25.8 Å². The van der Waals surface area contributed by atoms with Crippen molar-refractivity contribution in [3.05, 3.63) is 17.9 Å². The summed E-state index contributed by atoms with van der Waals surface area (Å²) in [6.45, 7) is 2.07. The average molecular weight is 242 g/mol. The highest BCUT2D eigenvalue weighted by atomic mass is 19.1. The third kappa shape index (κ3) is 3.78. The van der Waals surface area contributed by atoms with E-state index >= 15 is 0 Å². The minimum atomic E-state index is -0.404. The van der Waals surface area contributed by atoms with E-state index in [1.807, 2.05) is 6.92 Å². The molecule has 4 nitrogen and oxygen atoms in total. The van der Waals surface area contributed by atoms with E-state index in [1.54, 1.807) is 6.07 Å². The van der Waals surface area contributed by atoms with Crippen LogP contribution in [0.15, 0.2) is 12.1 Å². The molecule has 17 heavy (non-hydrogen) atoms. The monoisotopic (exact) mass is 242 g/mol. The molecule has 5 heteroatoms. The van der Waals surface area contributed by atoms with Crippen LogP contribution in [-0.4, -0.2) is 24.9 Å². The quantitative estimate of drug-likeness (QED) is 0.667.